The molecule has 2 fully saturated rings. The summed E-state index contributed by atoms with van der Waals surface area (Å²) in [5.74, 6) is 0.605. The lowest BCUT2D eigenvalue weighted by Crippen LogP contribution is -2.13. The van der Waals surface area contributed by atoms with E-state index in [9.17, 15) is 0 Å². The second kappa shape index (κ2) is 23.1. The Hall–Kier alpha value is -3.96. The highest BCUT2D eigenvalue weighted by atomic mass is 19.1. The first-order valence-corrected chi connectivity index (χ1v) is 22.9. The van der Waals surface area contributed by atoms with Gasteiger partial charge in [-0.25, -0.2) is 17.6 Å². The average Bonchev–Trinajstić information content (AvgIpc) is 3.25. The lowest BCUT2D eigenvalue weighted by Gasteiger charge is -2.29. The normalized spacial score (nSPS) is 19.9. The molecule has 316 valence electrons. The first-order valence-electron chi connectivity index (χ1n) is 22.9. The summed E-state index contributed by atoms with van der Waals surface area (Å²) in [6.07, 6.45) is 27.7. The second-order valence-electron chi connectivity index (χ2n) is 17.4. The van der Waals surface area contributed by atoms with Gasteiger partial charge in [0, 0.05) is 11.1 Å². The largest absolute Gasteiger partial charge is 0.373 e. The van der Waals surface area contributed by atoms with E-state index in [0.717, 1.165) is 23.0 Å². The van der Waals surface area contributed by atoms with E-state index in [2.05, 4.69) is 38.1 Å². The summed E-state index contributed by atoms with van der Waals surface area (Å²) in [6, 6.07) is 22.2. The third-order valence-electron chi connectivity index (χ3n) is 13.2. The molecule has 0 saturated heterocycles. The lowest BCUT2D eigenvalue weighted by molar-refractivity contribution is 0.193. The van der Waals surface area contributed by atoms with Gasteiger partial charge in [-0.1, -0.05) is 138 Å². The molecule has 0 aliphatic heterocycles. The van der Waals surface area contributed by atoms with Gasteiger partial charge in [0.25, 0.3) is 0 Å². The van der Waals surface area contributed by atoms with Crippen molar-refractivity contribution < 1.29 is 22.3 Å². The Balaban J connectivity index is 0.903. The zero-order valence-corrected chi connectivity index (χ0v) is 35.6. The minimum Gasteiger partial charge on any atom is -0.373 e. The van der Waals surface area contributed by atoms with Gasteiger partial charge in [0.15, 0.2) is 0 Å². The molecule has 2 aliphatic rings. The number of allylic oxidation sites excluding steroid dienone is 2. The number of hydrogen-bond acceptors (Lipinski definition) is 1. The predicted octanol–water partition coefficient (Wildman–Crippen LogP) is 16.2. The van der Waals surface area contributed by atoms with E-state index >= 15 is 17.6 Å². The number of halogens is 4. The summed E-state index contributed by atoms with van der Waals surface area (Å²) < 4.78 is 66.0. The number of unbranched alkanes of at least 4 members (excludes halogenated alkanes) is 4. The molecule has 2 aliphatic carbocycles. The minimum absolute atomic E-state index is 0.0230. The van der Waals surface area contributed by atoms with Crippen LogP contribution in [0.25, 0.3) is 22.3 Å². The number of rotatable bonds is 20. The third-order valence-corrected chi connectivity index (χ3v) is 13.2. The zero-order valence-electron chi connectivity index (χ0n) is 35.6. The number of ether oxygens (including phenoxy) is 1. The smallest absolute Gasteiger partial charge is 0.130 e. The van der Waals surface area contributed by atoms with Gasteiger partial charge in [-0.15, -0.1) is 0 Å². The molecule has 6 rings (SSSR count). The topological polar surface area (TPSA) is 9.23 Å². The quantitative estimate of drug-likeness (QED) is 0.0491. The number of benzene rings is 4. The maximum absolute atomic E-state index is 15.1. The van der Waals surface area contributed by atoms with Crippen LogP contribution in [0, 0.1) is 35.1 Å². The molecule has 0 unspecified atom stereocenters. The standard InChI is InChI=1S/C54H66F4O/c1-3-5-7-13-39-17-21-41(22-18-39)43-25-29-45(30-26-43)47-35-51(55)49(52(56)36-47)15-9-11-33-59-34-12-10-16-50-53(57)37-48(38-54(50)58)46-31-27-44(28-32-46)42-23-19-40(20-24-42)14-8-6-4-2/h9-12,25-32,35-42H,3-8,13-24,33-34H2,1-2H3. The van der Waals surface area contributed by atoms with E-state index in [4.69, 9.17) is 4.74 Å². The highest BCUT2D eigenvalue weighted by Gasteiger charge is 2.24. The van der Waals surface area contributed by atoms with Gasteiger partial charge in [-0.3, -0.25) is 0 Å². The van der Waals surface area contributed by atoms with Crippen LogP contribution in [0.5, 0.6) is 0 Å². The fourth-order valence-corrected chi connectivity index (χ4v) is 9.50. The Morgan fingerprint density at radius 2 is 0.814 bits per heavy atom. The molecular formula is C54H66F4O. The van der Waals surface area contributed by atoms with Crippen molar-refractivity contribution in [2.45, 2.75) is 141 Å². The lowest BCUT2D eigenvalue weighted by atomic mass is 9.77. The summed E-state index contributed by atoms with van der Waals surface area (Å²) >= 11 is 0. The van der Waals surface area contributed by atoms with Gasteiger partial charge < -0.3 is 4.74 Å². The van der Waals surface area contributed by atoms with Gasteiger partial charge >= 0.3 is 0 Å². The van der Waals surface area contributed by atoms with Gasteiger partial charge in [-0.05, 0) is 146 Å². The highest BCUT2D eigenvalue weighted by Crippen LogP contribution is 2.40. The van der Waals surface area contributed by atoms with Crippen molar-refractivity contribution in [3.05, 3.63) is 143 Å². The first kappa shape index (κ1) is 44.6. The predicted molar refractivity (Wildman–Crippen MR) is 238 cm³/mol. The van der Waals surface area contributed by atoms with Crippen LogP contribution in [0.2, 0.25) is 0 Å². The molecule has 4 aromatic carbocycles. The van der Waals surface area contributed by atoms with Crippen molar-refractivity contribution in [1.29, 1.82) is 0 Å². The molecule has 0 heterocycles. The van der Waals surface area contributed by atoms with Crippen molar-refractivity contribution in [2.24, 2.45) is 11.8 Å². The highest BCUT2D eigenvalue weighted by molar-refractivity contribution is 5.65. The van der Waals surface area contributed by atoms with Crippen LogP contribution in [0.1, 0.15) is 151 Å². The molecule has 0 atom stereocenters. The van der Waals surface area contributed by atoms with Gasteiger partial charge in [0.1, 0.15) is 23.3 Å². The molecule has 0 bridgehead atoms. The van der Waals surface area contributed by atoms with Crippen LogP contribution in [0.3, 0.4) is 0 Å². The van der Waals surface area contributed by atoms with Gasteiger partial charge in [0.05, 0.1) is 13.2 Å². The maximum atomic E-state index is 15.1. The average molecular weight is 807 g/mol. The van der Waals surface area contributed by atoms with Crippen molar-refractivity contribution in [3.8, 4) is 22.3 Å². The number of hydrogen-bond donors (Lipinski definition) is 0. The molecule has 0 amide bonds. The van der Waals surface area contributed by atoms with E-state index in [1.54, 1.807) is 24.3 Å². The Morgan fingerprint density at radius 1 is 0.458 bits per heavy atom. The van der Waals surface area contributed by atoms with E-state index < -0.39 is 23.3 Å². The van der Waals surface area contributed by atoms with Crippen LogP contribution in [0.15, 0.2) is 97.1 Å². The second-order valence-corrected chi connectivity index (χ2v) is 17.4. The summed E-state index contributed by atoms with van der Waals surface area (Å²) in [5.41, 5.74) is 5.39. The van der Waals surface area contributed by atoms with E-state index in [-0.39, 0.29) is 37.2 Å². The van der Waals surface area contributed by atoms with Crippen LogP contribution in [0.4, 0.5) is 17.6 Å². The molecule has 0 radical (unpaired) electrons. The monoisotopic (exact) mass is 807 g/mol. The van der Waals surface area contributed by atoms with Crippen LogP contribution in [-0.2, 0) is 17.6 Å². The van der Waals surface area contributed by atoms with Gasteiger partial charge in [0.2, 0.25) is 0 Å². The first-order chi connectivity index (χ1) is 28.8. The summed E-state index contributed by atoms with van der Waals surface area (Å²) in [5, 5.41) is 0. The van der Waals surface area contributed by atoms with E-state index in [1.165, 1.54) is 138 Å². The Labute approximate surface area is 352 Å². The van der Waals surface area contributed by atoms with Crippen LogP contribution >= 0.6 is 0 Å². The van der Waals surface area contributed by atoms with Crippen molar-refractivity contribution in [3.63, 3.8) is 0 Å². The molecule has 4 aromatic rings. The maximum Gasteiger partial charge on any atom is 0.130 e. The van der Waals surface area contributed by atoms with Crippen molar-refractivity contribution >= 4 is 0 Å². The van der Waals surface area contributed by atoms with Crippen molar-refractivity contribution in [2.75, 3.05) is 13.2 Å². The zero-order chi connectivity index (χ0) is 41.4. The SMILES string of the molecule is CCCCCC1CCC(c2ccc(-c3cc(F)c(CC=CCOCC=CCc4c(F)cc(-c5ccc(C6CCC(CCCCC)CC6)cc5)cc4F)c(F)c3)cc2)CC1. The summed E-state index contributed by atoms with van der Waals surface area (Å²) in [6.45, 7) is 5.00. The van der Waals surface area contributed by atoms with Crippen molar-refractivity contribution in [1.82, 2.24) is 0 Å². The summed E-state index contributed by atoms with van der Waals surface area (Å²) in [7, 11) is 0. The fraction of sp³-hybridized carbons (Fsp3) is 0.481. The molecule has 0 spiro atoms. The molecule has 1 nitrogen and oxygen atoms in total. The Morgan fingerprint density at radius 3 is 1.15 bits per heavy atom. The Kier molecular flexibility index (Phi) is 17.5. The summed E-state index contributed by atoms with van der Waals surface area (Å²) in [4.78, 5) is 0. The van der Waals surface area contributed by atoms with Crippen LogP contribution in [-0.4, -0.2) is 13.2 Å². The third kappa shape index (κ3) is 13.0. The van der Waals surface area contributed by atoms with Gasteiger partial charge in [-0.2, -0.15) is 0 Å². The molecule has 59 heavy (non-hydrogen) atoms. The van der Waals surface area contributed by atoms with E-state index in [0.29, 0.717) is 23.0 Å². The Bertz CT molecular complexity index is 1740. The van der Waals surface area contributed by atoms with Crippen LogP contribution < -0.4 is 0 Å². The molecular weight excluding hydrogens is 741 g/mol. The fourth-order valence-electron chi connectivity index (χ4n) is 9.50. The molecule has 2 saturated carbocycles. The van der Waals surface area contributed by atoms with E-state index in [1.807, 2.05) is 24.3 Å². The molecule has 5 heteroatoms. The molecule has 0 aromatic heterocycles. The molecule has 0 N–H and O–H groups in total. The minimum atomic E-state index is -0.565.